The zero-order chi connectivity index (χ0) is 13.0. The number of benzene rings is 1. The van der Waals surface area contributed by atoms with E-state index in [1.165, 1.54) is 32.0 Å². The normalized spacial score (nSPS) is 11.7. The highest BCUT2D eigenvalue weighted by molar-refractivity contribution is 6.33. The Morgan fingerprint density at radius 3 is 2.59 bits per heavy atom. The lowest BCUT2D eigenvalue weighted by atomic mass is 10.1. The first kappa shape index (κ1) is 13.3. The molecule has 0 spiro atoms. The van der Waals surface area contributed by atoms with E-state index in [4.69, 9.17) is 11.6 Å². The molecule has 6 heteroatoms. The first-order chi connectivity index (χ1) is 7.95. The van der Waals surface area contributed by atoms with Crippen molar-refractivity contribution in [3.8, 4) is 0 Å². The van der Waals surface area contributed by atoms with Crippen molar-refractivity contribution in [3.05, 3.63) is 33.7 Å². The molecule has 1 aromatic rings. The number of carbonyl (C=O) groups is 2. The second kappa shape index (κ2) is 5.54. The van der Waals surface area contributed by atoms with E-state index in [2.05, 4.69) is 10.5 Å². The van der Waals surface area contributed by atoms with Gasteiger partial charge in [-0.05, 0) is 25.1 Å². The van der Waals surface area contributed by atoms with E-state index in [-0.39, 0.29) is 11.5 Å². The van der Waals surface area contributed by atoms with E-state index in [1.54, 1.807) is 0 Å². The maximum Gasteiger partial charge on any atom is 0.221 e. The van der Waals surface area contributed by atoms with Crippen LogP contribution in [0.1, 0.15) is 24.2 Å². The Morgan fingerprint density at radius 1 is 1.41 bits per heavy atom. The minimum absolute atomic E-state index is 0.283. The highest BCUT2D eigenvalue weighted by Crippen LogP contribution is 2.23. The Bertz CT molecular complexity index is 474. The molecule has 0 radical (unpaired) electrons. The topological polar surface area (TPSA) is 75.6 Å². The van der Waals surface area contributed by atoms with Crippen molar-refractivity contribution < 1.29 is 9.59 Å². The molecule has 1 atom stereocenters. The van der Waals surface area contributed by atoms with Gasteiger partial charge in [-0.15, -0.1) is 0 Å². The molecule has 0 aliphatic heterocycles. The van der Waals surface area contributed by atoms with E-state index in [0.717, 1.165) is 0 Å². The van der Waals surface area contributed by atoms with Gasteiger partial charge in [-0.25, -0.2) is 0 Å². The first-order valence-corrected chi connectivity index (χ1v) is 5.27. The van der Waals surface area contributed by atoms with E-state index < -0.39 is 11.8 Å². The van der Waals surface area contributed by atoms with Crippen LogP contribution in [-0.4, -0.2) is 17.7 Å². The second-order valence-corrected chi connectivity index (χ2v) is 3.93. The molecule has 90 valence electrons. The predicted octanol–water partition coefficient (Wildman–Crippen LogP) is 2.64. The fraction of sp³-hybridized carbons (Fsp3) is 0.273. The van der Waals surface area contributed by atoms with Crippen LogP contribution in [0.4, 0.5) is 5.69 Å². The molecule has 0 saturated carbocycles. The number of anilines is 1. The molecule has 0 heterocycles. The molecular formula is C11H11ClN2O3. The number of rotatable bonds is 4. The van der Waals surface area contributed by atoms with Crippen molar-refractivity contribution in [2.75, 3.05) is 5.32 Å². The van der Waals surface area contributed by atoms with Gasteiger partial charge in [0.1, 0.15) is 0 Å². The first-order valence-electron chi connectivity index (χ1n) is 4.89. The summed E-state index contributed by atoms with van der Waals surface area (Å²) in [6, 6.07) is 3.43. The standard InChI is InChI=1S/C11H11ClN2O3/c1-6(14-17)11(16)8-3-4-9(12)10(5-8)13-7(2)15/h3-6H,1-2H3,(H,13,15). The molecule has 0 aliphatic rings. The Balaban J connectivity index is 3.07. The second-order valence-electron chi connectivity index (χ2n) is 3.52. The molecule has 0 fully saturated rings. The molecule has 1 unspecified atom stereocenters. The molecule has 0 aromatic heterocycles. The quantitative estimate of drug-likeness (QED) is 0.663. The monoisotopic (exact) mass is 254 g/mol. The average molecular weight is 255 g/mol. The highest BCUT2D eigenvalue weighted by Gasteiger charge is 2.16. The molecule has 0 aliphatic carbocycles. The van der Waals surface area contributed by atoms with Crippen molar-refractivity contribution in [1.29, 1.82) is 0 Å². The van der Waals surface area contributed by atoms with Crippen LogP contribution in [0.2, 0.25) is 5.02 Å². The lowest BCUT2D eigenvalue weighted by Crippen LogP contribution is -2.15. The lowest BCUT2D eigenvalue weighted by molar-refractivity contribution is -0.114. The van der Waals surface area contributed by atoms with Gasteiger partial charge < -0.3 is 5.32 Å². The zero-order valence-electron chi connectivity index (χ0n) is 9.36. The SMILES string of the molecule is CC(=O)Nc1cc(C(=O)C(C)N=O)ccc1Cl. The molecular weight excluding hydrogens is 244 g/mol. The number of nitroso groups, excluding NO2 is 1. The zero-order valence-corrected chi connectivity index (χ0v) is 10.1. The minimum Gasteiger partial charge on any atom is -0.325 e. The fourth-order valence-corrected chi connectivity index (χ4v) is 1.42. The van der Waals surface area contributed by atoms with E-state index in [9.17, 15) is 14.5 Å². The summed E-state index contributed by atoms with van der Waals surface area (Å²) >= 11 is 5.85. The Labute approximate surface area is 103 Å². The molecule has 0 bridgehead atoms. The largest absolute Gasteiger partial charge is 0.325 e. The highest BCUT2D eigenvalue weighted by atomic mass is 35.5. The summed E-state index contributed by atoms with van der Waals surface area (Å²) < 4.78 is 0. The third-order valence-electron chi connectivity index (χ3n) is 2.10. The van der Waals surface area contributed by atoms with Gasteiger partial charge in [0.25, 0.3) is 0 Å². The number of nitrogens with one attached hydrogen (secondary N) is 1. The minimum atomic E-state index is -0.957. The molecule has 5 nitrogen and oxygen atoms in total. The van der Waals surface area contributed by atoms with Crippen LogP contribution in [0.3, 0.4) is 0 Å². The summed E-state index contributed by atoms with van der Waals surface area (Å²) in [6.45, 7) is 2.74. The van der Waals surface area contributed by atoms with Crippen LogP contribution in [-0.2, 0) is 4.79 Å². The number of amides is 1. The molecule has 1 N–H and O–H groups in total. The van der Waals surface area contributed by atoms with Crippen LogP contribution in [0, 0.1) is 4.91 Å². The lowest BCUT2D eigenvalue weighted by Gasteiger charge is -2.08. The van der Waals surface area contributed by atoms with Gasteiger partial charge in [-0.2, -0.15) is 4.91 Å². The van der Waals surface area contributed by atoms with Crippen LogP contribution in [0.25, 0.3) is 0 Å². The number of halogens is 1. The average Bonchev–Trinajstić information content (AvgIpc) is 2.29. The van der Waals surface area contributed by atoms with Crippen molar-refractivity contribution in [2.24, 2.45) is 5.18 Å². The smallest absolute Gasteiger partial charge is 0.221 e. The summed E-state index contributed by atoms with van der Waals surface area (Å²) in [5.74, 6) is -0.707. The van der Waals surface area contributed by atoms with Crippen molar-refractivity contribution >= 4 is 29.0 Å². The van der Waals surface area contributed by atoms with Gasteiger partial charge >= 0.3 is 0 Å². The summed E-state index contributed by atoms with van der Waals surface area (Å²) in [5, 5.41) is 5.47. The maximum atomic E-state index is 11.7. The van der Waals surface area contributed by atoms with Gasteiger partial charge in [-0.3, -0.25) is 9.59 Å². The molecule has 1 aromatic carbocycles. The van der Waals surface area contributed by atoms with E-state index in [0.29, 0.717) is 10.7 Å². The predicted molar refractivity (Wildman–Crippen MR) is 65.3 cm³/mol. The van der Waals surface area contributed by atoms with Crippen LogP contribution >= 0.6 is 11.6 Å². The fourth-order valence-electron chi connectivity index (χ4n) is 1.25. The summed E-state index contributed by atoms with van der Waals surface area (Å²) in [6.07, 6.45) is 0. The van der Waals surface area contributed by atoms with Gasteiger partial charge in [0.2, 0.25) is 5.91 Å². The van der Waals surface area contributed by atoms with Gasteiger partial charge in [-0.1, -0.05) is 16.8 Å². The molecule has 0 saturated heterocycles. The van der Waals surface area contributed by atoms with Gasteiger partial charge in [0, 0.05) is 12.5 Å². The van der Waals surface area contributed by atoms with Crippen molar-refractivity contribution in [2.45, 2.75) is 19.9 Å². The van der Waals surface area contributed by atoms with Crippen LogP contribution in [0.15, 0.2) is 23.4 Å². The van der Waals surface area contributed by atoms with Crippen molar-refractivity contribution in [1.82, 2.24) is 0 Å². The number of hydrogen-bond donors (Lipinski definition) is 1. The maximum absolute atomic E-state index is 11.7. The van der Waals surface area contributed by atoms with Gasteiger partial charge in [0.05, 0.1) is 10.7 Å². The Hall–Kier alpha value is -1.75. The Kier molecular flexibility index (Phi) is 4.34. The molecule has 1 rings (SSSR count). The molecule has 1 amide bonds. The van der Waals surface area contributed by atoms with Gasteiger partial charge in [0.15, 0.2) is 11.8 Å². The van der Waals surface area contributed by atoms with E-state index >= 15 is 0 Å². The van der Waals surface area contributed by atoms with Crippen LogP contribution < -0.4 is 5.32 Å². The number of Topliss-reactive ketones (excluding diaryl/α,β-unsaturated/α-hetero) is 1. The molecule has 17 heavy (non-hydrogen) atoms. The summed E-state index contributed by atoms with van der Waals surface area (Å²) in [7, 11) is 0. The van der Waals surface area contributed by atoms with Crippen LogP contribution in [0.5, 0.6) is 0 Å². The summed E-state index contributed by atoms with van der Waals surface area (Å²) in [4.78, 5) is 32.9. The number of nitrogens with zero attached hydrogens (tertiary/aromatic N) is 1. The number of carbonyl (C=O) groups excluding carboxylic acids is 2. The number of hydrogen-bond acceptors (Lipinski definition) is 4. The van der Waals surface area contributed by atoms with E-state index in [1.807, 2.05) is 0 Å². The number of ketones is 1. The van der Waals surface area contributed by atoms with Crippen molar-refractivity contribution in [3.63, 3.8) is 0 Å². The third kappa shape index (κ3) is 3.35. The Morgan fingerprint density at radius 2 is 2.06 bits per heavy atom. The third-order valence-corrected chi connectivity index (χ3v) is 2.43. The summed E-state index contributed by atoms with van der Waals surface area (Å²) in [5.41, 5.74) is 0.619.